The third-order valence-electron chi connectivity index (χ3n) is 3.10. The molecule has 0 radical (unpaired) electrons. The Hall–Kier alpha value is -2.47. The fourth-order valence-electron chi connectivity index (χ4n) is 2.28. The highest BCUT2D eigenvalue weighted by Crippen LogP contribution is 2.26. The minimum absolute atomic E-state index is 0.596. The van der Waals surface area contributed by atoms with Gasteiger partial charge in [-0.2, -0.15) is 5.26 Å². The van der Waals surface area contributed by atoms with E-state index in [1.165, 1.54) is 16.7 Å². The van der Waals surface area contributed by atoms with E-state index in [9.17, 15) is 0 Å². The van der Waals surface area contributed by atoms with Crippen molar-refractivity contribution in [2.75, 3.05) is 12.4 Å². The average Bonchev–Trinajstić information content (AvgIpc) is 2.44. The van der Waals surface area contributed by atoms with E-state index >= 15 is 0 Å². The number of nitriles is 1. The Labute approximate surface area is 119 Å². The summed E-state index contributed by atoms with van der Waals surface area (Å²) in [5.74, 6) is 0.688. The summed E-state index contributed by atoms with van der Waals surface area (Å²) in [6.07, 6.45) is 0. The maximum absolute atomic E-state index is 8.89. The number of rotatable bonds is 4. The third kappa shape index (κ3) is 3.30. The standard InChI is InChI=1S/C17H18N2O/c1-12-6-13(2)8-15(7-12)11-19-16-5-4-14(10-18)9-17(16)20-3/h4-9,19H,11H2,1-3H3. The molecule has 0 amide bonds. The summed E-state index contributed by atoms with van der Waals surface area (Å²) in [6, 6.07) is 14.0. The van der Waals surface area contributed by atoms with Gasteiger partial charge in [-0.15, -0.1) is 0 Å². The van der Waals surface area contributed by atoms with Gasteiger partial charge in [0.2, 0.25) is 0 Å². The SMILES string of the molecule is COc1cc(C#N)ccc1NCc1cc(C)cc(C)c1. The van der Waals surface area contributed by atoms with Gasteiger partial charge in [0, 0.05) is 12.6 Å². The van der Waals surface area contributed by atoms with Gasteiger partial charge in [-0.25, -0.2) is 0 Å². The predicted molar refractivity (Wildman–Crippen MR) is 81.0 cm³/mol. The highest BCUT2D eigenvalue weighted by molar-refractivity contribution is 5.59. The van der Waals surface area contributed by atoms with Gasteiger partial charge in [-0.05, 0) is 31.5 Å². The minimum Gasteiger partial charge on any atom is -0.495 e. The lowest BCUT2D eigenvalue weighted by Crippen LogP contribution is -2.02. The lowest BCUT2D eigenvalue weighted by Gasteiger charge is -2.12. The van der Waals surface area contributed by atoms with Crippen LogP contribution in [-0.2, 0) is 6.54 Å². The molecule has 0 aliphatic heterocycles. The summed E-state index contributed by atoms with van der Waals surface area (Å²) in [5, 5.41) is 12.2. The van der Waals surface area contributed by atoms with Crippen LogP contribution in [0.25, 0.3) is 0 Å². The van der Waals surface area contributed by atoms with E-state index in [0.29, 0.717) is 11.3 Å². The molecule has 2 aromatic carbocycles. The van der Waals surface area contributed by atoms with Gasteiger partial charge in [0.25, 0.3) is 0 Å². The third-order valence-corrected chi connectivity index (χ3v) is 3.10. The summed E-state index contributed by atoms with van der Waals surface area (Å²) in [5.41, 5.74) is 5.24. The number of nitrogens with zero attached hydrogens (tertiary/aromatic N) is 1. The first-order chi connectivity index (χ1) is 9.62. The van der Waals surface area contributed by atoms with Crippen molar-refractivity contribution in [2.24, 2.45) is 0 Å². The zero-order valence-corrected chi connectivity index (χ0v) is 12.0. The van der Waals surface area contributed by atoms with Gasteiger partial charge in [-0.3, -0.25) is 0 Å². The predicted octanol–water partition coefficient (Wildman–Crippen LogP) is 3.80. The maximum Gasteiger partial charge on any atom is 0.143 e. The van der Waals surface area contributed by atoms with Gasteiger partial charge in [0.1, 0.15) is 5.75 Å². The Bertz CT molecular complexity index is 636. The van der Waals surface area contributed by atoms with E-state index in [2.05, 4.69) is 43.4 Å². The number of hydrogen-bond donors (Lipinski definition) is 1. The Morgan fingerprint density at radius 3 is 2.40 bits per heavy atom. The molecule has 0 bridgehead atoms. The molecule has 0 aliphatic rings. The van der Waals surface area contributed by atoms with Crippen molar-refractivity contribution in [3.8, 4) is 11.8 Å². The molecule has 0 spiro atoms. The number of hydrogen-bond acceptors (Lipinski definition) is 3. The summed E-state index contributed by atoms with van der Waals surface area (Å²) < 4.78 is 5.31. The summed E-state index contributed by atoms with van der Waals surface area (Å²) >= 11 is 0. The van der Waals surface area contributed by atoms with E-state index in [0.717, 1.165) is 12.2 Å². The Kier molecular flexibility index (Phi) is 4.27. The molecular weight excluding hydrogens is 248 g/mol. The summed E-state index contributed by atoms with van der Waals surface area (Å²) in [6.45, 7) is 4.92. The van der Waals surface area contributed by atoms with Crippen LogP contribution in [0.4, 0.5) is 5.69 Å². The van der Waals surface area contributed by atoms with Crippen LogP contribution in [0.5, 0.6) is 5.75 Å². The van der Waals surface area contributed by atoms with Crippen LogP contribution in [0.2, 0.25) is 0 Å². The van der Waals surface area contributed by atoms with Crippen LogP contribution >= 0.6 is 0 Å². The quantitative estimate of drug-likeness (QED) is 0.915. The maximum atomic E-state index is 8.89. The van der Waals surface area contributed by atoms with Gasteiger partial charge in [0.15, 0.2) is 0 Å². The zero-order chi connectivity index (χ0) is 14.5. The number of benzene rings is 2. The van der Waals surface area contributed by atoms with Gasteiger partial charge >= 0.3 is 0 Å². The monoisotopic (exact) mass is 266 g/mol. The molecule has 0 aromatic heterocycles. The molecule has 1 N–H and O–H groups in total. The normalized spacial score (nSPS) is 9.90. The second-order valence-corrected chi connectivity index (χ2v) is 4.88. The zero-order valence-electron chi connectivity index (χ0n) is 12.0. The lowest BCUT2D eigenvalue weighted by atomic mass is 10.1. The van der Waals surface area contributed by atoms with Crippen LogP contribution in [0.1, 0.15) is 22.3 Å². The van der Waals surface area contributed by atoms with Crippen molar-refractivity contribution in [2.45, 2.75) is 20.4 Å². The fraction of sp³-hybridized carbons (Fsp3) is 0.235. The van der Waals surface area contributed by atoms with Gasteiger partial charge < -0.3 is 10.1 Å². The van der Waals surface area contributed by atoms with Crippen molar-refractivity contribution in [3.63, 3.8) is 0 Å². The Morgan fingerprint density at radius 1 is 1.10 bits per heavy atom. The van der Waals surface area contributed by atoms with Crippen molar-refractivity contribution in [3.05, 3.63) is 58.7 Å². The van der Waals surface area contributed by atoms with Crippen molar-refractivity contribution >= 4 is 5.69 Å². The van der Waals surface area contributed by atoms with Gasteiger partial charge in [0.05, 0.1) is 24.4 Å². The Balaban J connectivity index is 2.16. The van der Waals surface area contributed by atoms with Crippen molar-refractivity contribution in [1.29, 1.82) is 5.26 Å². The molecule has 2 aromatic rings. The first-order valence-corrected chi connectivity index (χ1v) is 6.51. The first-order valence-electron chi connectivity index (χ1n) is 6.51. The average molecular weight is 266 g/mol. The second kappa shape index (κ2) is 6.12. The molecule has 3 nitrogen and oxygen atoms in total. The van der Waals surface area contributed by atoms with Crippen LogP contribution in [-0.4, -0.2) is 7.11 Å². The molecule has 20 heavy (non-hydrogen) atoms. The minimum atomic E-state index is 0.596. The number of methoxy groups -OCH3 is 1. The van der Waals surface area contributed by atoms with E-state index < -0.39 is 0 Å². The number of nitrogens with one attached hydrogen (secondary N) is 1. The van der Waals surface area contributed by atoms with Crippen LogP contribution in [0, 0.1) is 25.2 Å². The highest BCUT2D eigenvalue weighted by Gasteiger charge is 2.04. The molecule has 0 unspecified atom stereocenters. The largest absolute Gasteiger partial charge is 0.495 e. The molecule has 102 valence electrons. The first kappa shape index (κ1) is 14.0. The molecule has 0 fully saturated rings. The number of anilines is 1. The smallest absolute Gasteiger partial charge is 0.143 e. The van der Waals surface area contributed by atoms with E-state index in [-0.39, 0.29) is 0 Å². The summed E-state index contributed by atoms with van der Waals surface area (Å²) in [7, 11) is 1.61. The van der Waals surface area contributed by atoms with Crippen LogP contribution < -0.4 is 10.1 Å². The van der Waals surface area contributed by atoms with Crippen LogP contribution in [0.15, 0.2) is 36.4 Å². The number of ether oxygens (including phenoxy) is 1. The molecule has 0 saturated carbocycles. The van der Waals surface area contributed by atoms with E-state index in [1.54, 1.807) is 19.2 Å². The second-order valence-electron chi connectivity index (χ2n) is 4.88. The fourth-order valence-corrected chi connectivity index (χ4v) is 2.28. The topological polar surface area (TPSA) is 45.0 Å². The molecule has 2 rings (SSSR count). The summed E-state index contributed by atoms with van der Waals surface area (Å²) in [4.78, 5) is 0. The Morgan fingerprint density at radius 2 is 1.80 bits per heavy atom. The molecule has 0 atom stereocenters. The molecule has 0 heterocycles. The van der Waals surface area contributed by atoms with E-state index in [4.69, 9.17) is 10.00 Å². The lowest BCUT2D eigenvalue weighted by molar-refractivity contribution is 0.416. The molecule has 0 aliphatic carbocycles. The van der Waals surface area contributed by atoms with E-state index in [1.807, 2.05) is 6.07 Å². The van der Waals surface area contributed by atoms with Crippen molar-refractivity contribution in [1.82, 2.24) is 0 Å². The molecule has 3 heteroatoms. The molecule has 0 saturated heterocycles. The highest BCUT2D eigenvalue weighted by atomic mass is 16.5. The van der Waals surface area contributed by atoms with Gasteiger partial charge in [-0.1, -0.05) is 29.3 Å². The number of aryl methyl sites for hydroxylation is 2. The van der Waals surface area contributed by atoms with Crippen LogP contribution in [0.3, 0.4) is 0 Å². The van der Waals surface area contributed by atoms with Crippen molar-refractivity contribution < 1.29 is 4.74 Å². The molecular formula is C17H18N2O.